The highest BCUT2D eigenvalue weighted by Gasteiger charge is 2.45. The summed E-state index contributed by atoms with van der Waals surface area (Å²) in [6.07, 6.45) is 1.60. The average molecular weight is 258 g/mol. The van der Waals surface area contributed by atoms with Crippen molar-refractivity contribution in [1.82, 2.24) is 4.90 Å². The molecule has 6 heteroatoms. The zero-order chi connectivity index (χ0) is 12.6. The van der Waals surface area contributed by atoms with Gasteiger partial charge in [-0.15, -0.1) is 11.8 Å². The first-order chi connectivity index (χ1) is 8.04. The first-order valence-electron chi connectivity index (χ1n) is 5.81. The van der Waals surface area contributed by atoms with Crippen LogP contribution in [0.5, 0.6) is 0 Å². The van der Waals surface area contributed by atoms with Crippen molar-refractivity contribution in [1.29, 1.82) is 0 Å². The Kier molecular flexibility index (Phi) is 3.63. The molecule has 0 unspecified atom stereocenters. The van der Waals surface area contributed by atoms with Crippen molar-refractivity contribution >= 4 is 23.6 Å². The lowest BCUT2D eigenvalue weighted by Gasteiger charge is -2.27. The standard InChI is InChI=1S/C11H18N2O3S/c1-6-3-7(12)10(14)13-8(11(15)16-2)5-17-9(13)4-6/h6-9H,3-5,12H2,1-2H3/t6-,7+,8+,9-/m1/s1. The van der Waals surface area contributed by atoms with Crippen molar-refractivity contribution in [3.8, 4) is 0 Å². The van der Waals surface area contributed by atoms with Gasteiger partial charge in [0.05, 0.1) is 18.5 Å². The number of nitrogens with two attached hydrogens (primary N) is 1. The Balaban J connectivity index is 2.23. The van der Waals surface area contributed by atoms with Crippen molar-refractivity contribution in [3.05, 3.63) is 0 Å². The van der Waals surface area contributed by atoms with E-state index in [1.165, 1.54) is 7.11 Å². The summed E-state index contributed by atoms with van der Waals surface area (Å²) in [5, 5.41) is 0.0788. The number of hydrogen-bond donors (Lipinski definition) is 1. The Labute approximate surface area is 105 Å². The molecular formula is C11H18N2O3S. The third-order valence-corrected chi connectivity index (χ3v) is 4.71. The molecule has 2 aliphatic heterocycles. The summed E-state index contributed by atoms with van der Waals surface area (Å²) in [5.41, 5.74) is 5.88. The molecule has 0 aliphatic carbocycles. The second-order valence-corrected chi connectivity index (χ2v) is 5.97. The SMILES string of the molecule is COC(=O)[C@@H]1CS[C@@H]2C[C@H](C)C[C@H](N)C(=O)N21. The van der Waals surface area contributed by atoms with E-state index in [1.807, 2.05) is 0 Å². The molecule has 1 amide bonds. The number of carbonyl (C=O) groups is 2. The molecule has 0 aromatic rings. The van der Waals surface area contributed by atoms with E-state index < -0.39 is 12.1 Å². The van der Waals surface area contributed by atoms with Crippen LogP contribution in [0.4, 0.5) is 0 Å². The Morgan fingerprint density at radius 3 is 2.88 bits per heavy atom. The zero-order valence-corrected chi connectivity index (χ0v) is 10.9. The van der Waals surface area contributed by atoms with Crippen LogP contribution in [0, 0.1) is 5.92 Å². The second-order valence-electron chi connectivity index (χ2n) is 4.76. The van der Waals surface area contributed by atoms with E-state index >= 15 is 0 Å². The number of ether oxygens (including phenoxy) is 1. The molecule has 2 fully saturated rings. The average Bonchev–Trinajstić information content (AvgIpc) is 2.65. The third kappa shape index (κ3) is 2.28. The van der Waals surface area contributed by atoms with Crippen molar-refractivity contribution in [2.45, 2.75) is 37.2 Å². The number of carbonyl (C=O) groups excluding carboxylic acids is 2. The van der Waals surface area contributed by atoms with E-state index in [0.717, 1.165) is 6.42 Å². The number of nitrogens with zero attached hydrogens (tertiary/aromatic N) is 1. The van der Waals surface area contributed by atoms with Gasteiger partial charge in [0.15, 0.2) is 0 Å². The number of rotatable bonds is 1. The van der Waals surface area contributed by atoms with Gasteiger partial charge in [-0.25, -0.2) is 4.79 Å². The smallest absolute Gasteiger partial charge is 0.329 e. The fourth-order valence-corrected chi connectivity index (χ4v) is 4.10. The van der Waals surface area contributed by atoms with Crippen molar-refractivity contribution in [3.63, 3.8) is 0 Å². The quantitative estimate of drug-likeness (QED) is 0.680. The zero-order valence-electron chi connectivity index (χ0n) is 10.1. The predicted octanol–water partition coefficient (Wildman–Crippen LogP) is 0.187. The summed E-state index contributed by atoms with van der Waals surface area (Å²) in [7, 11) is 1.35. The molecule has 2 rings (SSSR count). The van der Waals surface area contributed by atoms with Crippen LogP contribution in [-0.2, 0) is 14.3 Å². The molecule has 0 bridgehead atoms. The maximum atomic E-state index is 12.2. The van der Waals surface area contributed by atoms with Gasteiger partial charge >= 0.3 is 5.97 Å². The van der Waals surface area contributed by atoms with Crippen molar-refractivity contribution in [2.75, 3.05) is 12.9 Å². The minimum absolute atomic E-state index is 0.0788. The molecule has 2 heterocycles. The van der Waals surface area contributed by atoms with Gasteiger partial charge in [0, 0.05) is 5.75 Å². The van der Waals surface area contributed by atoms with Crippen LogP contribution in [0.25, 0.3) is 0 Å². The first kappa shape index (κ1) is 12.7. The number of amides is 1. The summed E-state index contributed by atoms with van der Waals surface area (Å²) in [5.74, 6) is 0.574. The summed E-state index contributed by atoms with van der Waals surface area (Å²) in [4.78, 5) is 25.5. The molecule has 0 saturated carbocycles. The fourth-order valence-electron chi connectivity index (χ4n) is 2.52. The minimum Gasteiger partial charge on any atom is -0.467 e. The van der Waals surface area contributed by atoms with Crippen LogP contribution in [-0.4, -0.2) is 47.1 Å². The van der Waals surface area contributed by atoms with Crippen molar-refractivity contribution < 1.29 is 14.3 Å². The Morgan fingerprint density at radius 2 is 2.24 bits per heavy atom. The van der Waals surface area contributed by atoms with Gasteiger partial charge in [-0.1, -0.05) is 6.92 Å². The molecule has 0 aromatic heterocycles. The van der Waals surface area contributed by atoms with E-state index in [0.29, 0.717) is 18.1 Å². The highest BCUT2D eigenvalue weighted by Crippen LogP contribution is 2.37. The maximum absolute atomic E-state index is 12.2. The highest BCUT2D eigenvalue weighted by molar-refractivity contribution is 8.00. The molecule has 0 radical (unpaired) electrons. The van der Waals surface area contributed by atoms with Gasteiger partial charge < -0.3 is 15.4 Å². The molecule has 0 aromatic carbocycles. The summed E-state index contributed by atoms with van der Waals surface area (Å²) in [6, 6.07) is -0.945. The number of esters is 1. The lowest BCUT2D eigenvalue weighted by molar-refractivity contribution is -0.151. The van der Waals surface area contributed by atoms with E-state index in [4.69, 9.17) is 10.5 Å². The number of methoxy groups -OCH3 is 1. The van der Waals surface area contributed by atoms with Gasteiger partial charge in [-0.05, 0) is 18.8 Å². The monoisotopic (exact) mass is 258 g/mol. The number of thioether (sulfide) groups is 1. The largest absolute Gasteiger partial charge is 0.467 e. The Morgan fingerprint density at radius 1 is 1.53 bits per heavy atom. The normalized spacial score (nSPS) is 37.6. The third-order valence-electron chi connectivity index (χ3n) is 3.40. The molecule has 2 saturated heterocycles. The molecular weight excluding hydrogens is 240 g/mol. The van der Waals surface area contributed by atoms with Crippen LogP contribution in [0.2, 0.25) is 0 Å². The summed E-state index contributed by atoms with van der Waals surface area (Å²) < 4.78 is 4.75. The molecule has 5 nitrogen and oxygen atoms in total. The first-order valence-corrected chi connectivity index (χ1v) is 6.86. The van der Waals surface area contributed by atoms with E-state index in [9.17, 15) is 9.59 Å². The van der Waals surface area contributed by atoms with Crippen LogP contribution in [0.1, 0.15) is 19.8 Å². The highest BCUT2D eigenvalue weighted by atomic mass is 32.2. The van der Waals surface area contributed by atoms with Crippen molar-refractivity contribution in [2.24, 2.45) is 11.7 Å². The lowest BCUT2D eigenvalue weighted by Crippen LogP contribution is -2.50. The lowest BCUT2D eigenvalue weighted by atomic mass is 10.0. The summed E-state index contributed by atoms with van der Waals surface area (Å²) >= 11 is 1.65. The Bertz CT molecular complexity index is 337. The molecule has 4 atom stereocenters. The number of fused-ring (bicyclic) bond motifs is 1. The van der Waals surface area contributed by atoms with Crippen LogP contribution < -0.4 is 5.73 Å². The Hall–Kier alpha value is -0.750. The predicted molar refractivity (Wildman–Crippen MR) is 65.3 cm³/mol. The van der Waals surface area contributed by atoms with E-state index in [1.54, 1.807) is 16.7 Å². The van der Waals surface area contributed by atoms with Gasteiger partial charge in [0.2, 0.25) is 5.91 Å². The van der Waals surface area contributed by atoms with E-state index in [-0.39, 0.29) is 17.3 Å². The summed E-state index contributed by atoms with van der Waals surface area (Å²) in [6.45, 7) is 2.10. The number of hydrogen-bond acceptors (Lipinski definition) is 5. The van der Waals surface area contributed by atoms with Gasteiger partial charge in [-0.2, -0.15) is 0 Å². The van der Waals surface area contributed by atoms with Crippen LogP contribution in [0.15, 0.2) is 0 Å². The maximum Gasteiger partial charge on any atom is 0.329 e. The van der Waals surface area contributed by atoms with Gasteiger partial charge in [-0.3, -0.25) is 4.79 Å². The molecule has 2 N–H and O–H groups in total. The minimum atomic E-state index is -0.485. The molecule has 0 spiro atoms. The molecule has 96 valence electrons. The molecule has 2 aliphatic rings. The molecule has 17 heavy (non-hydrogen) atoms. The van der Waals surface area contributed by atoms with Gasteiger partial charge in [0.25, 0.3) is 0 Å². The van der Waals surface area contributed by atoms with Crippen LogP contribution >= 0.6 is 11.8 Å². The van der Waals surface area contributed by atoms with Gasteiger partial charge in [0.1, 0.15) is 6.04 Å². The topological polar surface area (TPSA) is 72.6 Å². The fraction of sp³-hybridized carbons (Fsp3) is 0.818. The second kappa shape index (κ2) is 4.86. The van der Waals surface area contributed by atoms with E-state index in [2.05, 4.69) is 6.92 Å². The van der Waals surface area contributed by atoms with Crippen LogP contribution in [0.3, 0.4) is 0 Å².